The average molecular weight is 462 g/mol. The molecule has 0 saturated carbocycles. The molecule has 1 aliphatic heterocycles. The third-order valence-corrected chi connectivity index (χ3v) is 7.50. The van der Waals surface area contributed by atoms with Gasteiger partial charge in [-0.15, -0.1) is 0 Å². The molecule has 3 rings (SSSR count). The maximum absolute atomic E-state index is 13.3. The van der Waals surface area contributed by atoms with Crippen LogP contribution in [0.4, 0.5) is 4.39 Å². The normalized spacial score (nSPS) is 19.8. The zero-order valence-corrected chi connectivity index (χ0v) is 19.3. The first-order valence-electron chi connectivity index (χ1n) is 10.4. The number of nitrogens with one attached hydrogen (secondary N) is 1. The van der Waals surface area contributed by atoms with Crippen LogP contribution >= 0.6 is 0 Å². The van der Waals surface area contributed by atoms with Gasteiger partial charge < -0.3 is 10.2 Å². The number of aryl methyl sites for hydroxylation is 1. The van der Waals surface area contributed by atoms with Crippen LogP contribution in [0.25, 0.3) is 0 Å². The summed E-state index contributed by atoms with van der Waals surface area (Å²) in [6.45, 7) is 4.89. The Balaban J connectivity index is 1.89. The number of rotatable bonds is 7. The fourth-order valence-electron chi connectivity index (χ4n) is 3.80. The van der Waals surface area contributed by atoms with Crippen molar-refractivity contribution in [3.8, 4) is 0 Å². The van der Waals surface area contributed by atoms with Crippen molar-refractivity contribution in [1.29, 1.82) is 0 Å². The van der Waals surface area contributed by atoms with Gasteiger partial charge in [0.2, 0.25) is 21.8 Å². The molecule has 1 unspecified atom stereocenters. The highest BCUT2D eigenvalue weighted by atomic mass is 32.2. The Labute approximate surface area is 188 Å². The van der Waals surface area contributed by atoms with E-state index in [1.807, 2.05) is 31.2 Å². The number of amides is 2. The van der Waals surface area contributed by atoms with E-state index in [0.717, 1.165) is 15.4 Å². The Morgan fingerprint density at radius 1 is 1.16 bits per heavy atom. The van der Waals surface area contributed by atoms with Gasteiger partial charge in [0, 0.05) is 19.6 Å². The van der Waals surface area contributed by atoms with E-state index < -0.39 is 27.4 Å². The van der Waals surface area contributed by atoms with Crippen LogP contribution in [0.2, 0.25) is 0 Å². The zero-order chi connectivity index (χ0) is 23.5. The van der Waals surface area contributed by atoms with E-state index in [2.05, 4.69) is 5.32 Å². The van der Waals surface area contributed by atoms with Crippen LogP contribution in [0, 0.1) is 12.7 Å². The summed E-state index contributed by atoms with van der Waals surface area (Å²) in [6, 6.07) is 13.3. The van der Waals surface area contributed by atoms with Gasteiger partial charge in [-0.05, 0) is 44.0 Å². The molecule has 2 aromatic rings. The van der Waals surface area contributed by atoms with Crippen molar-refractivity contribution in [2.24, 2.45) is 0 Å². The summed E-state index contributed by atoms with van der Waals surface area (Å²) >= 11 is 0. The van der Waals surface area contributed by atoms with Crippen LogP contribution in [0.1, 0.15) is 30.5 Å². The number of hydrogen-bond donors (Lipinski definition) is 1. The lowest BCUT2D eigenvalue weighted by molar-refractivity contribution is -0.153. The molecule has 0 spiro atoms. The minimum Gasteiger partial charge on any atom is -0.350 e. The maximum atomic E-state index is 13.3. The lowest BCUT2D eigenvalue weighted by Gasteiger charge is -2.46. The Morgan fingerprint density at radius 2 is 1.84 bits per heavy atom. The molecule has 2 amide bonds. The number of halogens is 1. The van der Waals surface area contributed by atoms with Gasteiger partial charge in [0.05, 0.1) is 12.3 Å². The molecule has 9 heteroatoms. The summed E-state index contributed by atoms with van der Waals surface area (Å²) in [5, 5.41) is 2.79. The van der Waals surface area contributed by atoms with Crippen molar-refractivity contribution in [2.45, 2.75) is 39.4 Å². The highest BCUT2D eigenvalue weighted by Crippen LogP contribution is 2.27. The predicted molar refractivity (Wildman–Crippen MR) is 119 cm³/mol. The minimum atomic E-state index is -3.67. The second-order valence-corrected chi connectivity index (χ2v) is 10.5. The van der Waals surface area contributed by atoms with E-state index in [1.54, 1.807) is 19.1 Å². The summed E-state index contributed by atoms with van der Waals surface area (Å²) in [4.78, 5) is 27.9. The topological polar surface area (TPSA) is 86.8 Å². The van der Waals surface area contributed by atoms with Crippen LogP contribution in [0.3, 0.4) is 0 Å². The Kier molecular flexibility index (Phi) is 7.00. The molecule has 7 nitrogen and oxygen atoms in total. The summed E-state index contributed by atoms with van der Waals surface area (Å²) in [7, 11) is -3.67. The number of carbonyl (C=O) groups is 2. The number of piperazine rings is 1. The molecule has 1 N–H and O–H groups in total. The maximum Gasteiger partial charge on any atom is 0.247 e. The average Bonchev–Trinajstić information content (AvgIpc) is 2.75. The standard InChI is InChI=1S/C23H28FN3O4S/c1-4-32(30,31)26-15-21(28)27(14-19-7-5-6-17(2)12-19)23(3,16-26)22(29)25-13-18-8-10-20(24)11-9-18/h5-12H,4,13-16H2,1-3H3,(H,25,29). The van der Waals surface area contributed by atoms with Crippen molar-refractivity contribution in [3.63, 3.8) is 0 Å². The highest BCUT2D eigenvalue weighted by molar-refractivity contribution is 7.89. The van der Waals surface area contributed by atoms with Gasteiger partial charge in [0.1, 0.15) is 11.4 Å². The Hall–Kier alpha value is -2.78. The lowest BCUT2D eigenvalue weighted by Crippen LogP contribution is -2.69. The van der Waals surface area contributed by atoms with Gasteiger partial charge >= 0.3 is 0 Å². The number of carbonyl (C=O) groups excluding carboxylic acids is 2. The van der Waals surface area contributed by atoms with Crippen LogP contribution in [0.15, 0.2) is 48.5 Å². The Morgan fingerprint density at radius 3 is 2.47 bits per heavy atom. The summed E-state index contributed by atoms with van der Waals surface area (Å²) in [6.07, 6.45) is 0. The lowest BCUT2D eigenvalue weighted by atomic mass is 9.94. The van der Waals surface area contributed by atoms with Crippen molar-refractivity contribution in [3.05, 3.63) is 71.0 Å². The molecule has 1 fully saturated rings. The summed E-state index contributed by atoms with van der Waals surface area (Å²) in [5.74, 6) is -1.45. The van der Waals surface area contributed by atoms with Gasteiger partial charge in [-0.25, -0.2) is 12.8 Å². The smallest absolute Gasteiger partial charge is 0.247 e. The number of hydrogen-bond acceptors (Lipinski definition) is 4. The Bertz CT molecular complexity index is 1100. The van der Waals surface area contributed by atoms with Crippen LogP contribution in [-0.4, -0.2) is 53.8 Å². The second kappa shape index (κ2) is 9.38. The van der Waals surface area contributed by atoms with Crippen molar-refractivity contribution >= 4 is 21.8 Å². The van der Waals surface area contributed by atoms with E-state index in [1.165, 1.54) is 24.0 Å². The first-order valence-corrected chi connectivity index (χ1v) is 12.0. The third-order valence-electron chi connectivity index (χ3n) is 5.73. The number of nitrogens with zero attached hydrogens (tertiary/aromatic N) is 2. The van der Waals surface area contributed by atoms with Gasteiger partial charge in [-0.1, -0.05) is 42.0 Å². The first kappa shape index (κ1) is 23.9. The minimum absolute atomic E-state index is 0.127. The fourth-order valence-corrected chi connectivity index (χ4v) is 4.92. The van der Waals surface area contributed by atoms with Crippen LogP contribution in [-0.2, 0) is 32.7 Å². The second-order valence-electron chi connectivity index (χ2n) is 8.22. The molecular formula is C23H28FN3O4S. The quantitative estimate of drug-likeness (QED) is 0.685. The molecule has 0 radical (unpaired) electrons. The summed E-state index contributed by atoms with van der Waals surface area (Å²) < 4.78 is 39.3. The SMILES string of the molecule is CCS(=O)(=O)N1CC(=O)N(Cc2cccc(C)c2)C(C)(C(=O)NCc2ccc(F)cc2)C1. The molecule has 1 heterocycles. The highest BCUT2D eigenvalue weighted by Gasteiger charge is 2.49. The van der Waals surface area contributed by atoms with E-state index in [-0.39, 0.29) is 37.7 Å². The molecule has 0 aliphatic carbocycles. The van der Waals surface area contributed by atoms with Crippen LogP contribution < -0.4 is 5.32 Å². The molecule has 1 atom stereocenters. The van der Waals surface area contributed by atoms with E-state index in [0.29, 0.717) is 5.56 Å². The summed E-state index contributed by atoms with van der Waals surface area (Å²) in [5.41, 5.74) is 1.14. The van der Waals surface area contributed by atoms with Gasteiger partial charge in [-0.3, -0.25) is 9.59 Å². The first-order chi connectivity index (χ1) is 15.0. The van der Waals surface area contributed by atoms with Crippen molar-refractivity contribution in [1.82, 2.24) is 14.5 Å². The predicted octanol–water partition coefficient (Wildman–Crippen LogP) is 2.20. The largest absolute Gasteiger partial charge is 0.350 e. The molecular weight excluding hydrogens is 433 g/mol. The molecule has 32 heavy (non-hydrogen) atoms. The molecule has 1 saturated heterocycles. The van der Waals surface area contributed by atoms with Gasteiger partial charge in [-0.2, -0.15) is 4.31 Å². The van der Waals surface area contributed by atoms with Crippen molar-refractivity contribution < 1.29 is 22.4 Å². The molecule has 0 bridgehead atoms. The fraction of sp³-hybridized carbons (Fsp3) is 0.391. The monoisotopic (exact) mass is 461 g/mol. The molecule has 2 aromatic carbocycles. The third kappa shape index (κ3) is 5.16. The number of sulfonamides is 1. The molecule has 0 aromatic heterocycles. The van der Waals surface area contributed by atoms with Crippen molar-refractivity contribution in [2.75, 3.05) is 18.8 Å². The van der Waals surface area contributed by atoms with E-state index in [9.17, 15) is 22.4 Å². The van der Waals surface area contributed by atoms with Gasteiger partial charge in [0.25, 0.3) is 0 Å². The number of benzene rings is 2. The molecule has 172 valence electrons. The van der Waals surface area contributed by atoms with Crippen LogP contribution in [0.5, 0.6) is 0 Å². The van der Waals surface area contributed by atoms with E-state index in [4.69, 9.17) is 0 Å². The molecule has 1 aliphatic rings. The van der Waals surface area contributed by atoms with Gasteiger partial charge in [0.15, 0.2) is 0 Å². The van der Waals surface area contributed by atoms with E-state index >= 15 is 0 Å². The zero-order valence-electron chi connectivity index (χ0n) is 18.5.